The molecule has 3 rings (SSSR count). The molecule has 0 saturated carbocycles. The largest absolute Gasteiger partial charge is 0.383 e. The highest BCUT2D eigenvalue weighted by atomic mass is 16.5. The van der Waals surface area contributed by atoms with Crippen molar-refractivity contribution < 1.29 is 18.8 Å². The van der Waals surface area contributed by atoms with Crippen molar-refractivity contribution in [2.75, 3.05) is 39.9 Å². The van der Waals surface area contributed by atoms with Gasteiger partial charge >= 0.3 is 0 Å². The summed E-state index contributed by atoms with van der Waals surface area (Å²) >= 11 is 0. The van der Waals surface area contributed by atoms with Gasteiger partial charge in [-0.25, -0.2) is 0 Å². The fraction of sp³-hybridized carbons (Fsp3) is 0.733. The smallest absolute Gasteiger partial charge is 0.290 e. The fourth-order valence-corrected chi connectivity index (χ4v) is 3.65. The maximum atomic E-state index is 12.9. The Hall–Kier alpha value is -2.00. The lowest BCUT2D eigenvalue weighted by Crippen LogP contribution is -2.50. The Bertz CT molecular complexity index is 619. The van der Waals surface area contributed by atoms with Gasteiger partial charge in [-0.05, 0) is 25.8 Å². The molecule has 2 saturated heterocycles. The number of likely N-dealkylation sites (tertiary alicyclic amines) is 2. The molecule has 1 aromatic heterocycles. The van der Waals surface area contributed by atoms with Crippen molar-refractivity contribution in [1.82, 2.24) is 19.9 Å². The van der Waals surface area contributed by atoms with Crippen LogP contribution in [-0.4, -0.2) is 71.7 Å². The van der Waals surface area contributed by atoms with E-state index in [0.29, 0.717) is 32.1 Å². The Morgan fingerprint density at radius 1 is 1.42 bits per heavy atom. The van der Waals surface area contributed by atoms with Gasteiger partial charge in [-0.2, -0.15) is 4.98 Å². The van der Waals surface area contributed by atoms with E-state index in [1.54, 1.807) is 7.11 Å². The van der Waals surface area contributed by atoms with E-state index < -0.39 is 5.91 Å². The van der Waals surface area contributed by atoms with Crippen molar-refractivity contribution in [3.63, 3.8) is 0 Å². The number of primary amides is 1. The van der Waals surface area contributed by atoms with Crippen molar-refractivity contribution in [2.24, 2.45) is 11.1 Å². The van der Waals surface area contributed by atoms with Crippen LogP contribution in [0.1, 0.15) is 35.8 Å². The third-order valence-corrected chi connectivity index (χ3v) is 4.87. The van der Waals surface area contributed by atoms with Crippen LogP contribution in [0, 0.1) is 5.41 Å². The third kappa shape index (κ3) is 3.27. The van der Waals surface area contributed by atoms with Gasteiger partial charge in [0.05, 0.1) is 18.6 Å². The van der Waals surface area contributed by atoms with Crippen LogP contribution < -0.4 is 5.73 Å². The maximum Gasteiger partial charge on any atom is 0.290 e. The van der Waals surface area contributed by atoms with Gasteiger partial charge in [-0.15, -0.1) is 0 Å². The van der Waals surface area contributed by atoms with Crippen LogP contribution in [0.5, 0.6) is 0 Å². The molecule has 0 unspecified atom stereocenters. The average molecular weight is 337 g/mol. The summed E-state index contributed by atoms with van der Waals surface area (Å²) in [5, 5.41) is 3.55. The number of methoxy groups -OCH3 is 1. The highest BCUT2D eigenvalue weighted by molar-refractivity contribution is 5.88. The molecule has 132 valence electrons. The zero-order chi connectivity index (χ0) is 17.2. The molecular weight excluding hydrogens is 314 g/mol. The first-order valence-electron chi connectivity index (χ1n) is 8.17. The van der Waals surface area contributed by atoms with Crippen molar-refractivity contribution in [3.8, 4) is 0 Å². The van der Waals surface area contributed by atoms with E-state index in [2.05, 4.69) is 15.0 Å². The molecule has 1 atom stereocenters. The second kappa shape index (κ2) is 6.86. The summed E-state index contributed by atoms with van der Waals surface area (Å²) < 4.78 is 10.1. The summed E-state index contributed by atoms with van der Waals surface area (Å²) in [6.07, 6.45) is 2.74. The topological polar surface area (TPSA) is 115 Å². The van der Waals surface area contributed by atoms with Crippen molar-refractivity contribution >= 4 is 11.8 Å². The maximum absolute atomic E-state index is 12.9. The third-order valence-electron chi connectivity index (χ3n) is 4.87. The minimum Gasteiger partial charge on any atom is -0.383 e. The second-order valence-corrected chi connectivity index (χ2v) is 6.51. The molecule has 1 spiro atoms. The molecule has 2 N–H and O–H groups in total. The zero-order valence-corrected chi connectivity index (χ0v) is 13.9. The molecule has 24 heavy (non-hydrogen) atoms. The monoisotopic (exact) mass is 337 g/mol. The van der Waals surface area contributed by atoms with Gasteiger partial charge in [-0.1, -0.05) is 5.16 Å². The number of piperidine rings is 1. The summed E-state index contributed by atoms with van der Waals surface area (Å²) in [7, 11) is 1.65. The Morgan fingerprint density at radius 3 is 2.96 bits per heavy atom. The highest BCUT2D eigenvalue weighted by Gasteiger charge is 2.48. The van der Waals surface area contributed by atoms with Crippen molar-refractivity contribution in [2.45, 2.75) is 25.8 Å². The van der Waals surface area contributed by atoms with Gasteiger partial charge in [0.2, 0.25) is 11.8 Å². The van der Waals surface area contributed by atoms with Crippen LogP contribution in [0.3, 0.4) is 0 Å². The van der Waals surface area contributed by atoms with Crippen LogP contribution in [0.2, 0.25) is 0 Å². The summed E-state index contributed by atoms with van der Waals surface area (Å²) in [6, 6.07) is 0. The minimum atomic E-state index is -0.709. The molecule has 1 aromatic rings. The van der Waals surface area contributed by atoms with E-state index in [1.165, 1.54) is 0 Å². The van der Waals surface area contributed by atoms with Gasteiger partial charge in [0, 0.05) is 26.7 Å². The quantitative estimate of drug-likeness (QED) is 0.753. The molecule has 0 aliphatic carbocycles. The first-order valence-corrected chi connectivity index (χ1v) is 8.17. The van der Waals surface area contributed by atoms with E-state index in [1.807, 2.05) is 4.90 Å². The SMILES string of the molecule is COCCN1CCC[C@@]2(CCN(Cc3nc(C(N)=O)no3)C2)C1=O. The van der Waals surface area contributed by atoms with Gasteiger partial charge in [0.15, 0.2) is 0 Å². The number of hydrogen-bond acceptors (Lipinski definition) is 7. The van der Waals surface area contributed by atoms with E-state index in [4.69, 9.17) is 15.0 Å². The molecule has 3 heterocycles. The summed E-state index contributed by atoms with van der Waals surface area (Å²) in [6.45, 7) is 3.89. The summed E-state index contributed by atoms with van der Waals surface area (Å²) in [5.41, 5.74) is 4.80. The Morgan fingerprint density at radius 2 is 2.25 bits per heavy atom. The van der Waals surface area contributed by atoms with E-state index in [-0.39, 0.29) is 17.1 Å². The van der Waals surface area contributed by atoms with Crippen molar-refractivity contribution in [3.05, 3.63) is 11.7 Å². The normalized spacial score (nSPS) is 24.9. The average Bonchev–Trinajstić information content (AvgIpc) is 3.18. The molecule has 2 amide bonds. The van der Waals surface area contributed by atoms with Crippen LogP contribution in [-0.2, 0) is 16.1 Å². The van der Waals surface area contributed by atoms with Crippen LogP contribution in [0.4, 0.5) is 0 Å². The second-order valence-electron chi connectivity index (χ2n) is 6.51. The number of amides is 2. The van der Waals surface area contributed by atoms with E-state index in [0.717, 1.165) is 32.4 Å². The number of carbonyl (C=O) groups excluding carboxylic acids is 2. The molecule has 0 aromatic carbocycles. The Balaban J connectivity index is 1.62. The molecular formula is C15H23N5O4. The predicted molar refractivity (Wildman–Crippen MR) is 82.8 cm³/mol. The fourth-order valence-electron chi connectivity index (χ4n) is 3.65. The van der Waals surface area contributed by atoms with Gasteiger partial charge in [0.1, 0.15) is 0 Å². The first-order chi connectivity index (χ1) is 11.5. The number of aromatic nitrogens is 2. The van der Waals surface area contributed by atoms with Crippen molar-refractivity contribution in [1.29, 1.82) is 0 Å². The lowest BCUT2D eigenvalue weighted by atomic mass is 9.78. The molecule has 9 nitrogen and oxygen atoms in total. The lowest BCUT2D eigenvalue weighted by molar-refractivity contribution is -0.146. The first kappa shape index (κ1) is 16.8. The number of nitrogens with two attached hydrogens (primary N) is 1. The summed E-state index contributed by atoms with van der Waals surface area (Å²) in [4.78, 5) is 31.9. The predicted octanol–water partition coefficient (Wildman–Crippen LogP) is -0.371. The van der Waals surface area contributed by atoms with Crippen LogP contribution in [0.25, 0.3) is 0 Å². The van der Waals surface area contributed by atoms with E-state index in [9.17, 15) is 9.59 Å². The number of ether oxygens (including phenoxy) is 1. The lowest BCUT2D eigenvalue weighted by Gasteiger charge is -2.39. The van der Waals surface area contributed by atoms with Gasteiger partial charge in [-0.3, -0.25) is 14.5 Å². The Labute approximate surface area is 140 Å². The molecule has 0 bridgehead atoms. The molecule has 2 fully saturated rings. The molecule has 2 aliphatic rings. The number of rotatable bonds is 6. The van der Waals surface area contributed by atoms with Gasteiger partial charge in [0.25, 0.3) is 11.7 Å². The summed E-state index contributed by atoms with van der Waals surface area (Å²) in [5.74, 6) is -0.255. The zero-order valence-electron chi connectivity index (χ0n) is 13.9. The minimum absolute atomic E-state index is 0.113. The number of nitrogens with zero attached hydrogens (tertiary/aromatic N) is 4. The molecule has 2 aliphatic heterocycles. The number of hydrogen-bond donors (Lipinski definition) is 1. The van der Waals surface area contributed by atoms with E-state index >= 15 is 0 Å². The standard InChI is InChI=1S/C15H23N5O4/c1-23-8-7-20-5-2-3-15(14(20)22)4-6-19(10-15)9-11-17-13(12(16)21)18-24-11/h2-10H2,1H3,(H2,16,21)/t15-/m0/s1. The molecule has 9 heteroatoms. The molecule has 0 radical (unpaired) electrons. The van der Waals surface area contributed by atoms with Crippen LogP contribution >= 0.6 is 0 Å². The van der Waals surface area contributed by atoms with Gasteiger partial charge < -0.3 is 19.9 Å². The highest BCUT2D eigenvalue weighted by Crippen LogP contribution is 2.40. The van der Waals surface area contributed by atoms with Crippen LogP contribution in [0.15, 0.2) is 4.52 Å². The number of carbonyl (C=O) groups is 2. The Kier molecular flexibility index (Phi) is 4.81.